The number of nitrogens with one attached hydrogen (secondary N) is 1. The fourth-order valence-electron chi connectivity index (χ4n) is 2.81. The molecule has 0 fully saturated rings. The summed E-state index contributed by atoms with van der Waals surface area (Å²) in [4.78, 5) is 30.3. The molecule has 130 valence electrons. The lowest BCUT2D eigenvalue weighted by Crippen LogP contribution is -2.30. The highest BCUT2D eigenvalue weighted by Crippen LogP contribution is 2.25. The van der Waals surface area contributed by atoms with E-state index in [0.717, 1.165) is 5.75 Å². The number of H-pyrrole nitrogens is 1. The molecule has 1 atom stereocenters. The summed E-state index contributed by atoms with van der Waals surface area (Å²) >= 11 is 0. The Morgan fingerprint density at radius 2 is 2.00 bits per heavy atom. The van der Waals surface area contributed by atoms with Crippen molar-refractivity contribution in [3.05, 3.63) is 45.1 Å². The second-order valence-electron chi connectivity index (χ2n) is 5.72. The van der Waals surface area contributed by atoms with Gasteiger partial charge in [0.15, 0.2) is 17.3 Å². The average Bonchev–Trinajstić information content (AvgIpc) is 3.16. The number of nitrogens with zero attached hydrogens (tertiary/aromatic N) is 3. The number of imidazole rings is 1. The zero-order chi connectivity index (χ0) is 17.6. The zero-order valence-corrected chi connectivity index (χ0v) is 13.7. The number of fused-ring (bicyclic) bond motifs is 3. The van der Waals surface area contributed by atoms with E-state index in [1.165, 1.54) is 4.57 Å². The van der Waals surface area contributed by atoms with Gasteiger partial charge in [0.25, 0.3) is 11.6 Å². The lowest BCUT2D eigenvalue weighted by molar-refractivity contribution is 0.144. The zero-order valence-electron chi connectivity index (χ0n) is 13.7. The van der Waals surface area contributed by atoms with E-state index in [-0.39, 0.29) is 6.10 Å². The maximum Gasteiger partial charge on any atom is 0.329 e. The Balaban J connectivity index is 1.52. The van der Waals surface area contributed by atoms with Crippen molar-refractivity contribution >= 4 is 11.2 Å². The van der Waals surface area contributed by atoms with Crippen LogP contribution < -0.4 is 25.5 Å². The van der Waals surface area contributed by atoms with Crippen molar-refractivity contribution in [3.8, 4) is 17.5 Å². The van der Waals surface area contributed by atoms with Crippen LogP contribution in [0.4, 0.5) is 0 Å². The number of aromatic amines is 1. The quantitative estimate of drug-likeness (QED) is 0.729. The van der Waals surface area contributed by atoms with Crippen LogP contribution in [0, 0.1) is 0 Å². The summed E-state index contributed by atoms with van der Waals surface area (Å²) in [5, 5.41) is 0. The number of aryl methyl sites for hydroxylation is 1. The van der Waals surface area contributed by atoms with Gasteiger partial charge < -0.3 is 14.2 Å². The van der Waals surface area contributed by atoms with Gasteiger partial charge in [0.1, 0.15) is 18.1 Å². The van der Waals surface area contributed by atoms with Gasteiger partial charge in [-0.3, -0.25) is 18.9 Å². The monoisotopic (exact) mass is 344 g/mol. The molecule has 2 aromatic heterocycles. The first-order valence-corrected chi connectivity index (χ1v) is 7.70. The number of hydrogen-bond acceptors (Lipinski definition) is 6. The first-order valence-electron chi connectivity index (χ1n) is 7.70. The Kier molecular flexibility index (Phi) is 3.48. The first kappa shape index (κ1) is 15.3. The second-order valence-corrected chi connectivity index (χ2v) is 5.72. The summed E-state index contributed by atoms with van der Waals surface area (Å²) in [6, 6.07) is 7.54. The fourth-order valence-corrected chi connectivity index (χ4v) is 2.81. The minimum absolute atomic E-state index is 0.273. The molecule has 0 bridgehead atoms. The number of benzene rings is 1. The Bertz CT molecular complexity index is 1050. The third-order valence-electron chi connectivity index (χ3n) is 4.13. The molecule has 1 aliphatic rings. The lowest BCUT2D eigenvalue weighted by atomic mass is 10.3. The van der Waals surface area contributed by atoms with Crippen molar-refractivity contribution in [3.63, 3.8) is 0 Å². The van der Waals surface area contributed by atoms with Crippen molar-refractivity contribution in [2.45, 2.75) is 12.6 Å². The first-order chi connectivity index (χ1) is 12.1. The van der Waals surface area contributed by atoms with Gasteiger partial charge in [-0.05, 0) is 24.3 Å². The largest absolute Gasteiger partial charge is 0.497 e. The molecule has 4 rings (SSSR count). The van der Waals surface area contributed by atoms with Crippen LogP contribution in [0.2, 0.25) is 0 Å². The molecule has 0 saturated carbocycles. The number of hydrogen-bond donors (Lipinski definition) is 1. The van der Waals surface area contributed by atoms with Crippen LogP contribution in [-0.2, 0) is 13.6 Å². The molecule has 0 radical (unpaired) electrons. The lowest BCUT2D eigenvalue weighted by Gasteiger charge is -2.12. The molecule has 0 amide bonds. The maximum atomic E-state index is 12.1. The van der Waals surface area contributed by atoms with Gasteiger partial charge in [-0.1, -0.05) is 0 Å². The van der Waals surface area contributed by atoms with Crippen LogP contribution in [-0.4, -0.2) is 38.9 Å². The van der Waals surface area contributed by atoms with Crippen molar-refractivity contribution < 1.29 is 14.2 Å². The molecule has 25 heavy (non-hydrogen) atoms. The third kappa shape index (κ3) is 2.53. The Labute approximate surface area is 141 Å². The summed E-state index contributed by atoms with van der Waals surface area (Å²) in [5.41, 5.74) is -0.354. The number of rotatable bonds is 4. The Morgan fingerprint density at radius 1 is 1.28 bits per heavy atom. The van der Waals surface area contributed by atoms with Gasteiger partial charge in [-0.25, -0.2) is 4.79 Å². The molecule has 9 nitrogen and oxygen atoms in total. The van der Waals surface area contributed by atoms with Crippen LogP contribution in [0.1, 0.15) is 0 Å². The highest BCUT2D eigenvalue weighted by molar-refractivity contribution is 5.72. The van der Waals surface area contributed by atoms with Gasteiger partial charge in [-0.15, -0.1) is 0 Å². The van der Waals surface area contributed by atoms with Gasteiger partial charge >= 0.3 is 5.69 Å². The molecule has 9 heteroatoms. The standard InChI is InChI=1S/C16H16N4O5/c1-19-13-12(14(21)18-15(19)22)20-7-11(25-16(20)17-13)8-24-10-5-3-9(23-2)4-6-10/h3-6,11H,7-8H2,1-2H3,(H,18,21,22)/t11-/m0/s1. The second kappa shape index (κ2) is 5.69. The molecule has 1 N–H and O–H groups in total. The van der Waals surface area contributed by atoms with Crippen molar-refractivity contribution in [2.75, 3.05) is 13.7 Å². The summed E-state index contributed by atoms with van der Waals surface area (Å²) < 4.78 is 19.5. The van der Waals surface area contributed by atoms with Crippen LogP contribution in [0.25, 0.3) is 11.2 Å². The normalized spacial score (nSPS) is 15.8. The van der Waals surface area contributed by atoms with Crippen LogP contribution in [0.5, 0.6) is 17.5 Å². The van der Waals surface area contributed by atoms with Gasteiger partial charge in [0, 0.05) is 7.05 Å². The van der Waals surface area contributed by atoms with Crippen molar-refractivity contribution in [1.82, 2.24) is 19.1 Å². The van der Waals surface area contributed by atoms with Crippen LogP contribution in [0.15, 0.2) is 33.9 Å². The summed E-state index contributed by atoms with van der Waals surface area (Å²) in [6.45, 7) is 0.726. The van der Waals surface area contributed by atoms with E-state index in [0.29, 0.717) is 36.1 Å². The minimum Gasteiger partial charge on any atom is -0.497 e. The van der Waals surface area contributed by atoms with E-state index in [1.54, 1.807) is 18.7 Å². The molecule has 1 aliphatic heterocycles. The van der Waals surface area contributed by atoms with E-state index in [9.17, 15) is 9.59 Å². The van der Waals surface area contributed by atoms with Crippen LogP contribution in [0.3, 0.4) is 0 Å². The predicted molar refractivity (Wildman–Crippen MR) is 88.5 cm³/mol. The minimum atomic E-state index is -0.506. The molecule has 0 spiro atoms. The van der Waals surface area contributed by atoms with Crippen molar-refractivity contribution in [1.29, 1.82) is 0 Å². The topological polar surface area (TPSA) is 100 Å². The van der Waals surface area contributed by atoms with Gasteiger partial charge in [0.05, 0.1) is 13.7 Å². The number of methoxy groups -OCH3 is 1. The predicted octanol–water partition coefficient (Wildman–Crippen LogP) is 0.272. The third-order valence-corrected chi connectivity index (χ3v) is 4.13. The maximum absolute atomic E-state index is 12.1. The summed E-state index contributed by atoms with van der Waals surface area (Å²) in [7, 11) is 3.15. The van der Waals surface area contributed by atoms with Gasteiger partial charge in [0.2, 0.25) is 0 Å². The van der Waals surface area contributed by atoms with E-state index in [4.69, 9.17) is 14.2 Å². The molecule has 3 aromatic rings. The Morgan fingerprint density at radius 3 is 2.72 bits per heavy atom. The highest BCUT2D eigenvalue weighted by Gasteiger charge is 2.29. The molecular weight excluding hydrogens is 328 g/mol. The Hall–Kier alpha value is -3.23. The smallest absolute Gasteiger partial charge is 0.329 e. The fraction of sp³-hybridized carbons (Fsp3) is 0.312. The summed E-state index contributed by atoms with van der Waals surface area (Å²) in [6.07, 6.45) is -0.273. The number of ether oxygens (including phenoxy) is 3. The molecule has 3 heterocycles. The summed E-state index contributed by atoms with van der Waals surface area (Å²) in [5.74, 6) is 1.44. The molecule has 0 unspecified atom stereocenters. The van der Waals surface area contributed by atoms with Gasteiger partial charge in [-0.2, -0.15) is 4.98 Å². The molecule has 1 aromatic carbocycles. The van der Waals surface area contributed by atoms with E-state index in [1.807, 2.05) is 24.3 Å². The molecular formula is C16H16N4O5. The van der Waals surface area contributed by atoms with E-state index >= 15 is 0 Å². The SMILES string of the molecule is COc1ccc(OC[C@@H]2Cn3c(nc4c3c(=O)[nH]c(=O)n4C)O2)cc1. The average molecular weight is 344 g/mol. The van der Waals surface area contributed by atoms with E-state index < -0.39 is 11.2 Å². The molecule has 0 saturated heterocycles. The molecule has 0 aliphatic carbocycles. The number of aromatic nitrogens is 4. The van der Waals surface area contributed by atoms with Crippen LogP contribution >= 0.6 is 0 Å². The van der Waals surface area contributed by atoms with Crippen molar-refractivity contribution in [2.24, 2.45) is 7.05 Å². The highest BCUT2D eigenvalue weighted by atomic mass is 16.6. The van der Waals surface area contributed by atoms with E-state index in [2.05, 4.69) is 9.97 Å².